The van der Waals surface area contributed by atoms with Crippen LogP contribution in [0.3, 0.4) is 0 Å². The van der Waals surface area contributed by atoms with Crippen LogP contribution in [0.5, 0.6) is 5.88 Å². The summed E-state index contributed by atoms with van der Waals surface area (Å²) in [4.78, 5) is 18.2. The third kappa shape index (κ3) is 3.09. The van der Waals surface area contributed by atoms with Crippen molar-refractivity contribution in [1.82, 2.24) is 19.7 Å². The van der Waals surface area contributed by atoms with Gasteiger partial charge in [0, 0.05) is 32.4 Å². The van der Waals surface area contributed by atoms with Crippen molar-refractivity contribution in [3.8, 4) is 5.88 Å². The van der Waals surface area contributed by atoms with Gasteiger partial charge in [0.05, 0.1) is 18.8 Å². The first-order chi connectivity index (χ1) is 12.0. The first-order valence-corrected chi connectivity index (χ1v) is 8.25. The van der Waals surface area contributed by atoms with E-state index < -0.39 is 11.4 Å². The van der Waals surface area contributed by atoms with Crippen LogP contribution in [0.1, 0.15) is 23.3 Å². The van der Waals surface area contributed by atoms with Crippen LogP contribution in [-0.4, -0.2) is 57.0 Å². The summed E-state index contributed by atoms with van der Waals surface area (Å²) in [6, 6.07) is 4.54. The molecule has 2 aromatic heterocycles. The van der Waals surface area contributed by atoms with Crippen LogP contribution in [0.2, 0.25) is 0 Å². The second-order valence-corrected chi connectivity index (χ2v) is 6.58. The standard InChI is InChI=1S/C17H19FN4O3/c1-21-7-4-14(20-21)16(23)22-8-5-17(11-22)9-12(10-24-17)25-15-13(18)3-2-6-19-15/h2-4,6-7,12H,5,8-11H2,1H3/t12-,17+/m1/s1. The third-order valence-corrected chi connectivity index (χ3v) is 4.71. The molecule has 0 N–H and O–H groups in total. The summed E-state index contributed by atoms with van der Waals surface area (Å²) >= 11 is 0. The number of halogens is 1. The highest BCUT2D eigenvalue weighted by Gasteiger charge is 2.48. The number of pyridine rings is 1. The first kappa shape index (κ1) is 16.0. The number of ether oxygens (including phenoxy) is 2. The van der Waals surface area contributed by atoms with Crippen molar-refractivity contribution in [3.05, 3.63) is 42.1 Å². The van der Waals surface area contributed by atoms with Crippen molar-refractivity contribution in [1.29, 1.82) is 0 Å². The van der Waals surface area contributed by atoms with Crippen molar-refractivity contribution in [2.45, 2.75) is 24.5 Å². The Labute approximate surface area is 144 Å². The second-order valence-electron chi connectivity index (χ2n) is 6.58. The number of nitrogens with zero attached hydrogens (tertiary/aromatic N) is 4. The van der Waals surface area contributed by atoms with Gasteiger partial charge in [-0.3, -0.25) is 9.48 Å². The summed E-state index contributed by atoms with van der Waals surface area (Å²) < 4.78 is 26.9. The van der Waals surface area contributed by atoms with Gasteiger partial charge in [0.15, 0.2) is 5.82 Å². The lowest BCUT2D eigenvalue weighted by molar-refractivity contribution is 0.00970. The van der Waals surface area contributed by atoms with Gasteiger partial charge < -0.3 is 14.4 Å². The van der Waals surface area contributed by atoms with Gasteiger partial charge in [0.25, 0.3) is 11.8 Å². The van der Waals surface area contributed by atoms with E-state index >= 15 is 0 Å². The number of carbonyl (C=O) groups excluding carboxylic acids is 1. The van der Waals surface area contributed by atoms with Crippen molar-refractivity contribution >= 4 is 5.91 Å². The Hall–Kier alpha value is -2.48. The monoisotopic (exact) mass is 346 g/mol. The van der Waals surface area contributed by atoms with Gasteiger partial charge in [-0.25, -0.2) is 9.37 Å². The third-order valence-electron chi connectivity index (χ3n) is 4.71. The SMILES string of the molecule is Cn1ccc(C(=O)N2CC[C@]3(C[C@@H](Oc4ncccc4F)CO3)C2)n1. The molecule has 0 radical (unpaired) electrons. The second kappa shape index (κ2) is 6.11. The lowest BCUT2D eigenvalue weighted by atomic mass is 9.98. The van der Waals surface area contributed by atoms with Crippen molar-refractivity contribution in [2.24, 2.45) is 7.05 Å². The minimum absolute atomic E-state index is 0.00688. The van der Waals surface area contributed by atoms with Crippen LogP contribution in [0.4, 0.5) is 4.39 Å². The van der Waals surface area contributed by atoms with Gasteiger partial charge in [-0.05, 0) is 24.6 Å². The molecule has 132 valence electrons. The van der Waals surface area contributed by atoms with E-state index in [-0.39, 0.29) is 17.9 Å². The Morgan fingerprint density at radius 1 is 1.48 bits per heavy atom. The molecule has 2 aromatic rings. The van der Waals surface area contributed by atoms with Crippen molar-refractivity contribution < 1.29 is 18.7 Å². The van der Waals surface area contributed by atoms with Gasteiger partial charge >= 0.3 is 0 Å². The maximum atomic E-state index is 13.7. The predicted octanol–water partition coefficient (Wildman–Crippen LogP) is 1.41. The molecular formula is C17H19FN4O3. The van der Waals surface area contributed by atoms with E-state index in [0.29, 0.717) is 31.8 Å². The zero-order valence-corrected chi connectivity index (χ0v) is 13.9. The van der Waals surface area contributed by atoms with Gasteiger partial charge in [-0.1, -0.05) is 0 Å². The van der Waals surface area contributed by atoms with Gasteiger partial charge in [-0.2, -0.15) is 5.10 Å². The molecule has 2 saturated heterocycles. The number of hydrogen-bond acceptors (Lipinski definition) is 5. The van der Waals surface area contributed by atoms with Gasteiger partial charge in [-0.15, -0.1) is 0 Å². The molecule has 2 atom stereocenters. The van der Waals surface area contributed by atoms with Crippen molar-refractivity contribution in [2.75, 3.05) is 19.7 Å². The molecular weight excluding hydrogens is 327 g/mol. The van der Waals surface area contributed by atoms with E-state index in [1.54, 1.807) is 28.9 Å². The Balaban J connectivity index is 1.40. The molecule has 0 bridgehead atoms. The quantitative estimate of drug-likeness (QED) is 0.840. The summed E-state index contributed by atoms with van der Waals surface area (Å²) in [6.07, 6.45) is 4.31. The molecule has 0 unspecified atom stereocenters. The summed E-state index contributed by atoms with van der Waals surface area (Å²) in [6.45, 7) is 1.47. The lowest BCUT2D eigenvalue weighted by Crippen LogP contribution is -2.36. The predicted molar refractivity (Wildman–Crippen MR) is 85.6 cm³/mol. The van der Waals surface area contributed by atoms with Crippen molar-refractivity contribution in [3.63, 3.8) is 0 Å². The first-order valence-electron chi connectivity index (χ1n) is 8.25. The van der Waals surface area contributed by atoms with Crippen LogP contribution in [0.25, 0.3) is 0 Å². The fourth-order valence-electron chi connectivity index (χ4n) is 3.49. The van der Waals surface area contributed by atoms with Crippen LogP contribution < -0.4 is 4.74 Å². The van der Waals surface area contributed by atoms with Gasteiger partial charge in [0.1, 0.15) is 11.8 Å². The molecule has 8 heteroatoms. The average molecular weight is 346 g/mol. The van der Waals surface area contributed by atoms with Gasteiger partial charge in [0.2, 0.25) is 0 Å². The largest absolute Gasteiger partial charge is 0.470 e. The molecule has 4 rings (SSSR count). The van der Waals surface area contributed by atoms with E-state index in [0.717, 1.165) is 6.42 Å². The maximum absolute atomic E-state index is 13.7. The Bertz CT molecular complexity index is 796. The number of likely N-dealkylation sites (tertiary alicyclic amines) is 1. The fourth-order valence-corrected chi connectivity index (χ4v) is 3.49. The normalized spacial score (nSPS) is 25.7. The molecule has 7 nitrogen and oxygen atoms in total. The lowest BCUT2D eigenvalue weighted by Gasteiger charge is -2.22. The molecule has 1 spiro atoms. The molecule has 1 amide bonds. The topological polar surface area (TPSA) is 69.5 Å². The van der Waals surface area contributed by atoms with E-state index in [4.69, 9.17) is 9.47 Å². The van der Waals surface area contributed by atoms with E-state index in [9.17, 15) is 9.18 Å². The number of aromatic nitrogens is 3. The Kier molecular flexibility index (Phi) is 3.91. The highest BCUT2D eigenvalue weighted by molar-refractivity contribution is 5.92. The average Bonchev–Trinajstić information content (AvgIpc) is 3.31. The molecule has 2 aliphatic heterocycles. The fraction of sp³-hybridized carbons (Fsp3) is 0.471. The van der Waals surface area contributed by atoms with Crippen LogP contribution in [0, 0.1) is 5.82 Å². The van der Waals surface area contributed by atoms with E-state index in [2.05, 4.69) is 10.1 Å². The summed E-state index contributed by atoms with van der Waals surface area (Å²) in [5.41, 5.74) is 0.00120. The summed E-state index contributed by atoms with van der Waals surface area (Å²) in [5, 5.41) is 4.16. The Morgan fingerprint density at radius 3 is 3.12 bits per heavy atom. The molecule has 4 heterocycles. The minimum Gasteiger partial charge on any atom is -0.470 e. The molecule has 25 heavy (non-hydrogen) atoms. The smallest absolute Gasteiger partial charge is 0.274 e. The molecule has 2 fully saturated rings. The minimum atomic E-state index is -0.484. The zero-order valence-electron chi connectivity index (χ0n) is 13.9. The number of carbonyl (C=O) groups is 1. The molecule has 0 aliphatic carbocycles. The highest BCUT2D eigenvalue weighted by Crippen LogP contribution is 2.37. The molecule has 2 aliphatic rings. The number of hydrogen-bond donors (Lipinski definition) is 0. The molecule has 0 aromatic carbocycles. The van der Waals surface area contributed by atoms with E-state index in [1.807, 2.05) is 0 Å². The number of rotatable bonds is 3. The van der Waals surface area contributed by atoms with Crippen LogP contribution in [-0.2, 0) is 11.8 Å². The molecule has 0 saturated carbocycles. The van der Waals surface area contributed by atoms with Crippen LogP contribution >= 0.6 is 0 Å². The van der Waals surface area contributed by atoms with E-state index in [1.165, 1.54) is 18.3 Å². The Morgan fingerprint density at radius 2 is 2.36 bits per heavy atom. The number of aryl methyl sites for hydroxylation is 1. The highest BCUT2D eigenvalue weighted by atomic mass is 19.1. The van der Waals surface area contributed by atoms with Crippen LogP contribution in [0.15, 0.2) is 30.6 Å². The maximum Gasteiger partial charge on any atom is 0.274 e. The summed E-state index contributed by atoms with van der Waals surface area (Å²) in [7, 11) is 1.78. The summed E-state index contributed by atoms with van der Waals surface area (Å²) in [5.74, 6) is -0.587. The number of amides is 1. The zero-order chi connectivity index (χ0) is 17.4.